The number of hydrogen-bond acceptors (Lipinski definition) is 1. The van der Waals surface area contributed by atoms with E-state index in [1.165, 1.54) is 18.4 Å². The molecule has 11 heavy (non-hydrogen) atoms. The van der Waals surface area contributed by atoms with Gasteiger partial charge in [-0.1, -0.05) is 19.4 Å². The quantitative estimate of drug-likeness (QED) is 0.642. The Balaban J connectivity index is 2.52. The van der Waals surface area contributed by atoms with Crippen molar-refractivity contribution in [3.05, 3.63) is 36.5 Å². The normalized spacial score (nSPS) is 10.0. The Bertz CT molecular complexity index is 201. The van der Waals surface area contributed by atoms with E-state index in [-0.39, 0.29) is 0 Å². The molecule has 1 heteroatoms. The monoisotopic (exact) mass is 148 g/mol. The molecule has 0 N–H and O–H groups in total. The first-order valence-electron chi connectivity index (χ1n) is 4.10. The van der Waals surface area contributed by atoms with Gasteiger partial charge in [0, 0.05) is 11.9 Å². The van der Waals surface area contributed by atoms with Crippen LogP contribution in [-0.4, -0.2) is 4.98 Å². The SMILES string of the molecule is [CH2]c1ccc(CCCC)cn1. The topological polar surface area (TPSA) is 12.9 Å². The summed E-state index contributed by atoms with van der Waals surface area (Å²) in [5, 5.41) is 0. The summed E-state index contributed by atoms with van der Waals surface area (Å²) in [6, 6.07) is 4.07. The number of rotatable bonds is 3. The van der Waals surface area contributed by atoms with Crippen LogP contribution in [0.25, 0.3) is 0 Å². The standard InChI is InChI=1S/C10H14N/c1-3-4-5-10-7-6-9(2)11-8-10/h6-8H,2-5H2,1H3. The molecule has 1 radical (unpaired) electrons. The molecule has 0 unspecified atom stereocenters. The molecule has 1 heterocycles. The van der Waals surface area contributed by atoms with E-state index >= 15 is 0 Å². The molecule has 0 atom stereocenters. The first-order valence-corrected chi connectivity index (χ1v) is 4.10. The van der Waals surface area contributed by atoms with E-state index in [9.17, 15) is 0 Å². The van der Waals surface area contributed by atoms with Crippen molar-refractivity contribution in [2.45, 2.75) is 26.2 Å². The highest BCUT2D eigenvalue weighted by Gasteiger charge is 1.91. The van der Waals surface area contributed by atoms with Crippen LogP contribution in [0.2, 0.25) is 0 Å². The molecule has 0 aliphatic rings. The summed E-state index contributed by atoms with van der Waals surface area (Å²) in [4.78, 5) is 4.12. The van der Waals surface area contributed by atoms with Gasteiger partial charge in [-0.25, -0.2) is 0 Å². The molecule has 0 aliphatic heterocycles. The van der Waals surface area contributed by atoms with Gasteiger partial charge < -0.3 is 0 Å². The summed E-state index contributed by atoms with van der Waals surface area (Å²) in [5.41, 5.74) is 2.17. The van der Waals surface area contributed by atoms with Crippen LogP contribution in [-0.2, 0) is 6.42 Å². The molecule has 1 aromatic heterocycles. The molecule has 0 aliphatic carbocycles. The Morgan fingerprint density at radius 2 is 2.27 bits per heavy atom. The van der Waals surface area contributed by atoms with E-state index in [1.807, 2.05) is 12.3 Å². The molecule has 0 saturated heterocycles. The van der Waals surface area contributed by atoms with Crippen molar-refractivity contribution in [1.82, 2.24) is 4.98 Å². The summed E-state index contributed by atoms with van der Waals surface area (Å²) >= 11 is 0. The van der Waals surface area contributed by atoms with Crippen LogP contribution in [0.4, 0.5) is 0 Å². The fourth-order valence-electron chi connectivity index (χ4n) is 0.984. The minimum Gasteiger partial charge on any atom is -0.261 e. The zero-order valence-corrected chi connectivity index (χ0v) is 7.01. The maximum atomic E-state index is 4.12. The van der Waals surface area contributed by atoms with E-state index in [1.54, 1.807) is 0 Å². The van der Waals surface area contributed by atoms with E-state index in [2.05, 4.69) is 24.9 Å². The maximum absolute atomic E-state index is 4.12. The number of aromatic nitrogens is 1. The lowest BCUT2D eigenvalue weighted by atomic mass is 10.1. The van der Waals surface area contributed by atoms with Gasteiger partial charge in [0.25, 0.3) is 0 Å². The highest BCUT2D eigenvalue weighted by molar-refractivity contribution is 5.15. The summed E-state index contributed by atoms with van der Waals surface area (Å²) in [7, 11) is 0. The van der Waals surface area contributed by atoms with Gasteiger partial charge in [-0.3, -0.25) is 4.98 Å². The molecule has 0 spiro atoms. The van der Waals surface area contributed by atoms with Gasteiger partial charge in [-0.2, -0.15) is 0 Å². The van der Waals surface area contributed by atoms with Gasteiger partial charge >= 0.3 is 0 Å². The Hall–Kier alpha value is -0.850. The van der Waals surface area contributed by atoms with Crippen molar-refractivity contribution in [3.8, 4) is 0 Å². The highest BCUT2D eigenvalue weighted by Crippen LogP contribution is 2.03. The largest absolute Gasteiger partial charge is 0.261 e. The van der Waals surface area contributed by atoms with Crippen molar-refractivity contribution in [2.75, 3.05) is 0 Å². The van der Waals surface area contributed by atoms with Gasteiger partial charge in [0.2, 0.25) is 0 Å². The van der Waals surface area contributed by atoms with E-state index in [4.69, 9.17) is 0 Å². The Morgan fingerprint density at radius 3 is 2.82 bits per heavy atom. The fourth-order valence-corrected chi connectivity index (χ4v) is 0.984. The van der Waals surface area contributed by atoms with Crippen LogP contribution >= 0.6 is 0 Å². The van der Waals surface area contributed by atoms with Crippen LogP contribution in [0.1, 0.15) is 31.0 Å². The molecule has 0 aromatic carbocycles. The molecule has 1 rings (SSSR count). The molecule has 1 aromatic rings. The van der Waals surface area contributed by atoms with Crippen LogP contribution in [0.15, 0.2) is 18.3 Å². The Morgan fingerprint density at radius 1 is 1.45 bits per heavy atom. The Kier molecular flexibility index (Phi) is 3.09. The second-order valence-corrected chi connectivity index (χ2v) is 2.76. The van der Waals surface area contributed by atoms with Gasteiger partial charge in [0.05, 0.1) is 0 Å². The van der Waals surface area contributed by atoms with Gasteiger partial charge in [-0.05, 0) is 31.4 Å². The lowest BCUT2D eigenvalue weighted by Crippen LogP contribution is -1.87. The van der Waals surface area contributed by atoms with Gasteiger partial charge in [-0.15, -0.1) is 0 Å². The second-order valence-electron chi connectivity index (χ2n) is 2.76. The summed E-state index contributed by atoms with van der Waals surface area (Å²) in [5.74, 6) is 0. The predicted octanol–water partition coefficient (Wildman–Crippen LogP) is 2.61. The molecule has 1 nitrogen and oxygen atoms in total. The zero-order chi connectivity index (χ0) is 8.10. The highest BCUT2D eigenvalue weighted by atomic mass is 14.6. The van der Waals surface area contributed by atoms with Gasteiger partial charge in [0.15, 0.2) is 0 Å². The number of pyridine rings is 1. The Labute approximate surface area is 68.5 Å². The third kappa shape index (κ3) is 2.71. The lowest BCUT2D eigenvalue weighted by molar-refractivity contribution is 0.792. The van der Waals surface area contributed by atoms with E-state index in [0.717, 1.165) is 12.1 Å². The van der Waals surface area contributed by atoms with Crippen LogP contribution in [0.3, 0.4) is 0 Å². The summed E-state index contributed by atoms with van der Waals surface area (Å²) in [6.07, 6.45) is 5.55. The molecule has 0 fully saturated rings. The molecule has 0 amide bonds. The van der Waals surface area contributed by atoms with E-state index < -0.39 is 0 Å². The zero-order valence-electron chi connectivity index (χ0n) is 7.01. The van der Waals surface area contributed by atoms with Gasteiger partial charge in [0.1, 0.15) is 0 Å². The number of hydrogen-bond donors (Lipinski definition) is 0. The predicted molar refractivity (Wildman–Crippen MR) is 47.3 cm³/mol. The van der Waals surface area contributed by atoms with Crippen molar-refractivity contribution in [2.24, 2.45) is 0 Å². The van der Waals surface area contributed by atoms with E-state index in [0.29, 0.717) is 0 Å². The first kappa shape index (κ1) is 8.25. The second kappa shape index (κ2) is 4.12. The van der Waals surface area contributed by atoms with Crippen LogP contribution in [0.5, 0.6) is 0 Å². The van der Waals surface area contributed by atoms with Crippen LogP contribution in [0, 0.1) is 6.92 Å². The lowest BCUT2D eigenvalue weighted by Gasteiger charge is -1.98. The van der Waals surface area contributed by atoms with Crippen molar-refractivity contribution in [1.29, 1.82) is 0 Å². The minimum atomic E-state index is 0.852. The number of nitrogens with zero attached hydrogens (tertiary/aromatic N) is 1. The van der Waals surface area contributed by atoms with Crippen LogP contribution < -0.4 is 0 Å². The first-order chi connectivity index (χ1) is 5.33. The number of aryl methyl sites for hydroxylation is 1. The molecule has 59 valence electrons. The maximum Gasteiger partial charge on any atom is 0.0407 e. The van der Waals surface area contributed by atoms with Crippen molar-refractivity contribution < 1.29 is 0 Å². The number of unbranched alkanes of at least 4 members (excludes halogenated alkanes) is 1. The third-order valence-corrected chi connectivity index (χ3v) is 1.70. The molecule has 0 bridgehead atoms. The minimum absolute atomic E-state index is 0.852. The molecule has 0 saturated carbocycles. The van der Waals surface area contributed by atoms with Crippen molar-refractivity contribution >= 4 is 0 Å². The summed E-state index contributed by atoms with van der Waals surface area (Å²) in [6.45, 7) is 5.93. The van der Waals surface area contributed by atoms with Crippen molar-refractivity contribution in [3.63, 3.8) is 0 Å². The smallest absolute Gasteiger partial charge is 0.0407 e. The average molecular weight is 148 g/mol. The molecular formula is C10H14N. The average Bonchev–Trinajstić information content (AvgIpc) is 2.04. The third-order valence-electron chi connectivity index (χ3n) is 1.70. The summed E-state index contributed by atoms with van der Waals surface area (Å²) < 4.78 is 0. The fraction of sp³-hybridized carbons (Fsp3) is 0.400. The molecular weight excluding hydrogens is 134 g/mol.